The Balaban J connectivity index is 0.000000461. The Morgan fingerprint density at radius 3 is 0.833 bits per heavy atom. The van der Waals surface area contributed by atoms with E-state index in [9.17, 15) is 0 Å². The summed E-state index contributed by atoms with van der Waals surface area (Å²) in [4.78, 5) is 0. The van der Waals surface area contributed by atoms with E-state index in [1.807, 2.05) is 0 Å². The smallest absolute Gasteiger partial charge is 0.215 e. The summed E-state index contributed by atoms with van der Waals surface area (Å²) in [6.07, 6.45) is 0. The largest absolute Gasteiger partial charge is 0.726 e. The molecule has 6 heteroatoms. The van der Waals surface area contributed by atoms with Crippen molar-refractivity contribution >= 4 is 33.1 Å². The van der Waals surface area contributed by atoms with Gasteiger partial charge in [0.1, 0.15) is 22.7 Å². The highest BCUT2D eigenvalue weighted by Crippen LogP contribution is 2.50. The van der Waals surface area contributed by atoms with Gasteiger partial charge in [0.05, 0.1) is 0 Å². The van der Waals surface area contributed by atoms with Crippen molar-refractivity contribution in [3.05, 3.63) is 121 Å². The first-order valence-electron chi connectivity index (χ1n) is 9.22. The maximum Gasteiger partial charge on any atom is 0.215 e. The van der Waals surface area contributed by atoms with Gasteiger partial charge in [0.25, 0.3) is 0 Å². The summed E-state index contributed by atoms with van der Waals surface area (Å²) in [6.45, 7) is 0. The third kappa shape index (κ3) is 5.00. The van der Waals surface area contributed by atoms with Crippen LogP contribution in [0, 0.1) is 0 Å². The average molecular weight is 420 g/mol. The van der Waals surface area contributed by atoms with Gasteiger partial charge in [-0.1, -0.05) is 72.8 Å². The summed E-state index contributed by atoms with van der Waals surface area (Å²) in [6, 6.07) is 42.8. The Bertz CT molecular complexity index is 980. The fourth-order valence-electron chi connectivity index (χ4n) is 3.50. The first-order chi connectivity index (χ1) is 14.4. The summed E-state index contributed by atoms with van der Waals surface area (Å²) in [5.41, 5.74) is 4.86. The predicted octanol–water partition coefficient (Wildman–Crippen LogP) is 5.99. The Morgan fingerprint density at radius 2 is 0.667 bits per heavy atom. The van der Waals surface area contributed by atoms with Gasteiger partial charge in [0.2, 0.25) is 10.4 Å². The van der Waals surface area contributed by atoms with E-state index < -0.39 is 10.4 Å². The Kier molecular flexibility index (Phi) is 6.76. The lowest BCUT2D eigenvalue weighted by Crippen LogP contribution is -2.33. The zero-order valence-electron chi connectivity index (χ0n) is 16.1. The first-order valence-corrected chi connectivity index (χ1v) is 10.6. The lowest BCUT2D eigenvalue weighted by atomic mass is 10.1. The molecule has 0 radical (unpaired) electrons. The summed E-state index contributed by atoms with van der Waals surface area (Å²) in [5, 5.41) is 0. The molecule has 0 fully saturated rings. The third-order valence-corrected chi connectivity index (χ3v) is 4.57. The zero-order valence-corrected chi connectivity index (χ0v) is 16.9. The minimum Gasteiger partial charge on any atom is -0.726 e. The van der Waals surface area contributed by atoms with Gasteiger partial charge in [-0.25, -0.2) is 8.42 Å². The van der Waals surface area contributed by atoms with Gasteiger partial charge in [-0.15, -0.1) is 0 Å². The van der Waals surface area contributed by atoms with E-state index in [1.54, 1.807) is 0 Å². The van der Waals surface area contributed by atoms with Crippen LogP contribution in [0.3, 0.4) is 0 Å². The highest BCUT2D eigenvalue weighted by molar-refractivity contribution is 7.79. The Labute approximate surface area is 176 Å². The van der Waals surface area contributed by atoms with Gasteiger partial charge in [0.15, 0.2) is 0 Å². The minimum absolute atomic E-state index is 0.559. The highest BCUT2D eigenvalue weighted by atomic mass is 32.3. The van der Waals surface area contributed by atoms with Crippen molar-refractivity contribution in [3.63, 3.8) is 0 Å². The van der Waals surface area contributed by atoms with Crippen molar-refractivity contribution < 1.29 is 17.5 Å². The lowest BCUT2D eigenvalue weighted by molar-refractivity contribution is 0.366. The molecule has 4 rings (SSSR count). The molecule has 4 aromatic rings. The molecule has 0 aliphatic heterocycles. The quantitative estimate of drug-likeness (QED) is 0.250. The van der Waals surface area contributed by atoms with Crippen LogP contribution >= 0.6 is 0 Å². The van der Waals surface area contributed by atoms with Crippen LogP contribution in [0.4, 0.5) is 22.7 Å². The minimum atomic E-state index is -4.92. The van der Waals surface area contributed by atoms with Gasteiger partial charge in [0, 0.05) is 48.5 Å². The number of para-hydroxylation sites is 4. The van der Waals surface area contributed by atoms with Crippen molar-refractivity contribution in [1.29, 1.82) is 0 Å². The van der Waals surface area contributed by atoms with Crippen LogP contribution in [-0.2, 0) is 10.4 Å². The average Bonchev–Trinajstić information content (AvgIpc) is 2.76. The second-order valence-corrected chi connectivity index (χ2v) is 7.30. The molecule has 0 heterocycles. The molecule has 0 saturated carbocycles. The SMILES string of the molecule is O=S(=O)([O-])O.c1ccc([N+](c2ccccc2)(c2ccccc2)c2ccccc2)cc1. The van der Waals surface area contributed by atoms with Gasteiger partial charge in [-0.3, -0.25) is 4.55 Å². The van der Waals surface area contributed by atoms with Crippen molar-refractivity contribution in [2.24, 2.45) is 0 Å². The van der Waals surface area contributed by atoms with Crippen LogP contribution in [0.25, 0.3) is 0 Å². The number of nitrogens with zero attached hydrogens (tertiary/aromatic N) is 1. The van der Waals surface area contributed by atoms with Crippen molar-refractivity contribution in [3.8, 4) is 0 Å². The predicted molar refractivity (Wildman–Crippen MR) is 119 cm³/mol. The maximum atomic E-state index is 8.63. The van der Waals surface area contributed by atoms with E-state index in [2.05, 4.69) is 121 Å². The molecule has 1 N–H and O–H groups in total. The van der Waals surface area contributed by atoms with E-state index in [0.717, 1.165) is 0 Å². The maximum absolute atomic E-state index is 8.63. The number of benzene rings is 4. The number of quaternary nitrogens is 1. The topological polar surface area (TPSA) is 77.4 Å². The molecule has 0 aliphatic carbocycles. The van der Waals surface area contributed by atoms with Gasteiger partial charge >= 0.3 is 0 Å². The molecule has 0 saturated heterocycles. The van der Waals surface area contributed by atoms with E-state index in [4.69, 9.17) is 17.5 Å². The normalized spacial score (nSPS) is 11.3. The van der Waals surface area contributed by atoms with Crippen LogP contribution in [0.1, 0.15) is 0 Å². The molecule has 0 bridgehead atoms. The van der Waals surface area contributed by atoms with Crippen molar-refractivity contribution in [2.75, 3.05) is 0 Å². The molecule has 4 aromatic carbocycles. The van der Waals surface area contributed by atoms with E-state index in [-0.39, 0.29) is 0 Å². The Morgan fingerprint density at radius 1 is 0.500 bits per heavy atom. The molecule has 0 spiro atoms. The second-order valence-electron chi connectivity index (χ2n) is 6.44. The summed E-state index contributed by atoms with van der Waals surface area (Å²) in [7, 11) is -4.92. The number of hydrogen-bond acceptors (Lipinski definition) is 3. The van der Waals surface area contributed by atoms with Crippen LogP contribution in [-0.4, -0.2) is 17.5 Å². The number of hydrogen-bond donors (Lipinski definition) is 1. The van der Waals surface area contributed by atoms with Crippen LogP contribution in [0.15, 0.2) is 121 Å². The standard InChI is InChI=1S/C24H20N.H2O4S/c1-5-13-21(14-6-1)25(22-15-7-2-8-16-22,23-17-9-3-10-18-23)24-19-11-4-12-20-24;1-5(2,3)4/h1-20H;(H2,1,2,3,4)/q+1;/p-1. The van der Waals surface area contributed by atoms with Crippen LogP contribution < -0.4 is 4.48 Å². The molecule has 0 aromatic heterocycles. The molecule has 0 amide bonds. The molecular formula is C24H21NO4S. The van der Waals surface area contributed by atoms with Crippen molar-refractivity contribution in [1.82, 2.24) is 4.48 Å². The summed E-state index contributed by atoms with van der Waals surface area (Å²) in [5.74, 6) is 0. The monoisotopic (exact) mass is 419 g/mol. The van der Waals surface area contributed by atoms with Crippen molar-refractivity contribution in [2.45, 2.75) is 0 Å². The fourth-order valence-corrected chi connectivity index (χ4v) is 3.50. The molecule has 30 heavy (non-hydrogen) atoms. The Hall–Kier alpha value is -3.29. The van der Waals surface area contributed by atoms with Gasteiger partial charge in [-0.05, 0) is 0 Å². The van der Waals surface area contributed by atoms with Gasteiger partial charge in [-0.2, -0.15) is 4.48 Å². The molecule has 5 nitrogen and oxygen atoms in total. The van der Waals surface area contributed by atoms with Crippen LogP contribution in [0.2, 0.25) is 0 Å². The molecule has 152 valence electrons. The van der Waals surface area contributed by atoms with E-state index in [1.165, 1.54) is 22.7 Å². The zero-order chi connectivity index (χ0) is 21.5. The van der Waals surface area contributed by atoms with E-state index in [0.29, 0.717) is 4.48 Å². The first kappa shape index (κ1) is 21.4. The second kappa shape index (κ2) is 9.47. The summed E-state index contributed by atoms with van der Waals surface area (Å²) >= 11 is 0. The summed E-state index contributed by atoms with van der Waals surface area (Å²) < 4.78 is 33.4. The molecule has 0 atom stereocenters. The third-order valence-electron chi connectivity index (χ3n) is 4.57. The lowest BCUT2D eigenvalue weighted by Gasteiger charge is -2.37. The van der Waals surface area contributed by atoms with Gasteiger partial charge < -0.3 is 4.55 Å². The number of rotatable bonds is 4. The fraction of sp³-hybridized carbons (Fsp3) is 0. The van der Waals surface area contributed by atoms with Crippen LogP contribution in [0.5, 0.6) is 0 Å². The van der Waals surface area contributed by atoms with E-state index >= 15 is 0 Å². The highest BCUT2D eigenvalue weighted by Gasteiger charge is 2.38. The molecule has 0 aliphatic rings. The molecular weight excluding hydrogens is 398 g/mol. The molecule has 0 unspecified atom stereocenters.